The molecule has 27 heavy (non-hydrogen) atoms. The van der Waals surface area contributed by atoms with E-state index in [4.69, 9.17) is 21.1 Å². The highest BCUT2D eigenvalue weighted by Crippen LogP contribution is 2.16. The first-order valence-corrected chi connectivity index (χ1v) is 8.54. The number of methoxy groups -OCH3 is 1. The van der Waals surface area contributed by atoms with Crippen molar-refractivity contribution in [2.75, 3.05) is 20.3 Å². The Kier molecular flexibility index (Phi) is 8.28. The minimum absolute atomic E-state index is 0.248. The van der Waals surface area contributed by atoms with Crippen molar-refractivity contribution < 1.29 is 19.1 Å². The maximum Gasteiger partial charge on any atom is 0.329 e. The molecule has 2 rings (SSSR count). The molecule has 0 fully saturated rings. The van der Waals surface area contributed by atoms with E-state index in [-0.39, 0.29) is 6.54 Å². The van der Waals surface area contributed by atoms with Crippen LogP contribution in [0.3, 0.4) is 0 Å². The van der Waals surface area contributed by atoms with Crippen LogP contribution in [0, 0.1) is 0 Å². The molecule has 2 aromatic carbocycles. The zero-order chi connectivity index (χ0) is 19.5. The van der Waals surface area contributed by atoms with Crippen LogP contribution in [-0.4, -0.2) is 38.3 Å². The van der Waals surface area contributed by atoms with E-state index in [1.807, 2.05) is 24.3 Å². The van der Waals surface area contributed by atoms with Gasteiger partial charge in [-0.25, -0.2) is 5.43 Å². The standard InChI is InChI=1S/C19H20ClN3O4/c1-26-9-8-21-18(24)19(25)23-22-12-14-4-3-7-17(11-14)27-13-15-5-2-6-16(20)10-15/h2-7,10-12H,8-9,13H2,1H3,(H,21,24)(H,23,25)/b22-12-. The molecular weight excluding hydrogens is 370 g/mol. The Bertz CT molecular complexity index is 811. The lowest BCUT2D eigenvalue weighted by Gasteiger charge is -2.07. The molecule has 0 atom stereocenters. The Balaban J connectivity index is 1.84. The van der Waals surface area contributed by atoms with Crippen molar-refractivity contribution in [3.8, 4) is 5.75 Å². The molecule has 0 spiro atoms. The quantitative estimate of drug-likeness (QED) is 0.313. The normalized spacial score (nSPS) is 10.6. The van der Waals surface area contributed by atoms with Gasteiger partial charge >= 0.3 is 11.8 Å². The number of halogens is 1. The first kappa shape index (κ1) is 20.4. The number of hydrogen-bond acceptors (Lipinski definition) is 5. The number of carbonyl (C=O) groups is 2. The fourth-order valence-corrected chi connectivity index (χ4v) is 2.25. The van der Waals surface area contributed by atoms with Crippen LogP contribution in [-0.2, 0) is 20.9 Å². The molecule has 0 saturated carbocycles. The number of rotatable bonds is 8. The third-order valence-corrected chi connectivity index (χ3v) is 3.57. The number of nitrogens with one attached hydrogen (secondary N) is 2. The summed E-state index contributed by atoms with van der Waals surface area (Å²) < 4.78 is 10.5. The summed E-state index contributed by atoms with van der Waals surface area (Å²) in [5.41, 5.74) is 3.82. The zero-order valence-corrected chi connectivity index (χ0v) is 15.5. The predicted molar refractivity (Wildman–Crippen MR) is 103 cm³/mol. The molecular formula is C19H20ClN3O4. The van der Waals surface area contributed by atoms with Crippen LogP contribution >= 0.6 is 11.6 Å². The van der Waals surface area contributed by atoms with Crippen LogP contribution in [0.25, 0.3) is 0 Å². The van der Waals surface area contributed by atoms with E-state index in [2.05, 4.69) is 15.8 Å². The second kappa shape index (κ2) is 10.9. The Morgan fingerprint density at radius 1 is 1.15 bits per heavy atom. The van der Waals surface area contributed by atoms with Gasteiger partial charge in [-0.3, -0.25) is 9.59 Å². The molecule has 0 saturated heterocycles. The zero-order valence-electron chi connectivity index (χ0n) is 14.8. The largest absolute Gasteiger partial charge is 0.489 e. The summed E-state index contributed by atoms with van der Waals surface area (Å²) in [4.78, 5) is 23.0. The van der Waals surface area contributed by atoms with Crippen molar-refractivity contribution >= 4 is 29.6 Å². The summed E-state index contributed by atoms with van der Waals surface area (Å²) in [6, 6.07) is 14.6. The highest BCUT2D eigenvalue weighted by atomic mass is 35.5. The van der Waals surface area contributed by atoms with Crippen molar-refractivity contribution in [2.45, 2.75) is 6.61 Å². The third-order valence-electron chi connectivity index (χ3n) is 3.33. The molecule has 2 N–H and O–H groups in total. The number of amides is 2. The fourth-order valence-electron chi connectivity index (χ4n) is 2.04. The second-order valence-corrected chi connectivity index (χ2v) is 5.88. The van der Waals surface area contributed by atoms with Crippen molar-refractivity contribution in [2.24, 2.45) is 5.10 Å². The van der Waals surface area contributed by atoms with E-state index < -0.39 is 11.8 Å². The monoisotopic (exact) mass is 389 g/mol. The van der Waals surface area contributed by atoms with Crippen LogP contribution in [0.1, 0.15) is 11.1 Å². The molecule has 0 aliphatic carbocycles. The van der Waals surface area contributed by atoms with E-state index in [1.165, 1.54) is 13.3 Å². The van der Waals surface area contributed by atoms with Gasteiger partial charge in [-0.1, -0.05) is 35.9 Å². The summed E-state index contributed by atoms with van der Waals surface area (Å²) >= 11 is 5.95. The SMILES string of the molecule is COCCNC(=O)C(=O)N/N=C\c1cccc(OCc2cccc(Cl)c2)c1. The minimum Gasteiger partial charge on any atom is -0.489 e. The summed E-state index contributed by atoms with van der Waals surface area (Å²) in [7, 11) is 1.50. The first-order chi connectivity index (χ1) is 13.1. The van der Waals surface area contributed by atoms with E-state index in [0.29, 0.717) is 29.5 Å². The van der Waals surface area contributed by atoms with E-state index in [1.54, 1.807) is 24.3 Å². The lowest BCUT2D eigenvalue weighted by molar-refractivity contribution is -0.139. The van der Waals surface area contributed by atoms with Gasteiger partial charge in [-0.2, -0.15) is 5.10 Å². The van der Waals surface area contributed by atoms with Crippen molar-refractivity contribution in [3.05, 3.63) is 64.7 Å². The maximum absolute atomic E-state index is 11.6. The number of benzene rings is 2. The lowest BCUT2D eigenvalue weighted by Crippen LogP contribution is -2.39. The molecule has 0 aromatic heterocycles. The van der Waals surface area contributed by atoms with Gasteiger partial charge in [-0.05, 0) is 35.4 Å². The fraction of sp³-hybridized carbons (Fsp3) is 0.211. The van der Waals surface area contributed by atoms with Gasteiger partial charge < -0.3 is 14.8 Å². The molecule has 142 valence electrons. The lowest BCUT2D eigenvalue weighted by atomic mass is 10.2. The van der Waals surface area contributed by atoms with Gasteiger partial charge in [0, 0.05) is 18.7 Å². The first-order valence-electron chi connectivity index (χ1n) is 8.16. The van der Waals surface area contributed by atoms with Gasteiger partial charge in [0.25, 0.3) is 0 Å². The van der Waals surface area contributed by atoms with Crippen LogP contribution in [0.5, 0.6) is 5.75 Å². The van der Waals surface area contributed by atoms with E-state index >= 15 is 0 Å². The number of nitrogens with zero attached hydrogens (tertiary/aromatic N) is 1. The summed E-state index contributed by atoms with van der Waals surface area (Å²) in [6.45, 7) is 0.947. The second-order valence-electron chi connectivity index (χ2n) is 5.44. The van der Waals surface area contributed by atoms with Gasteiger partial charge in [0.15, 0.2) is 0 Å². The molecule has 2 amide bonds. The molecule has 0 heterocycles. The van der Waals surface area contributed by atoms with Gasteiger partial charge in [0.1, 0.15) is 12.4 Å². The average molecular weight is 390 g/mol. The highest BCUT2D eigenvalue weighted by Gasteiger charge is 2.11. The van der Waals surface area contributed by atoms with E-state index in [9.17, 15) is 9.59 Å². The Morgan fingerprint density at radius 2 is 1.96 bits per heavy atom. The topological polar surface area (TPSA) is 89.0 Å². The number of carbonyl (C=O) groups excluding carboxylic acids is 2. The maximum atomic E-state index is 11.6. The molecule has 2 aromatic rings. The Hall–Kier alpha value is -2.90. The van der Waals surface area contributed by atoms with Crippen LogP contribution in [0.2, 0.25) is 5.02 Å². The van der Waals surface area contributed by atoms with Crippen molar-refractivity contribution in [1.82, 2.24) is 10.7 Å². The van der Waals surface area contributed by atoms with Gasteiger partial charge in [0.2, 0.25) is 0 Å². The Labute approximate surface area is 162 Å². The Morgan fingerprint density at radius 3 is 2.74 bits per heavy atom. The smallest absolute Gasteiger partial charge is 0.329 e. The average Bonchev–Trinajstić information content (AvgIpc) is 2.67. The molecule has 0 unspecified atom stereocenters. The summed E-state index contributed by atoms with van der Waals surface area (Å²) in [5.74, 6) is -0.985. The molecule has 8 heteroatoms. The van der Waals surface area contributed by atoms with Gasteiger partial charge in [-0.15, -0.1) is 0 Å². The number of ether oxygens (including phenoxy) is 2. The van der Waals surface area contributed by atoms with E-state index in [0.717, 1.165) is 5.56 Å². The summed E-state index contributed by atoms with van der Waals surface area (Å²) in [6.07, 6.45) is 1.42. The minimum atomic E-state index is -0.851. The molecule has 0 bridgehead atoms. The van der Waals surface area contributed by atoms with Gasteiger partial charge in [0.05, 0.1) is 12.8 Å². The molecule has 7 nitrogen and oxygen atoms in total. The van der Waals surface area contributed by atoms with Crippen molar-refractivity contribution in [3.63, 3.8) is 0 Å². The highest BCUT2D eigenvalue weighted by molar-refractivity contribution is 6.35. The third kappa shape index (κ3) is 7.47. The number of hydrogen-bond donors (Lipinski definition) is 2. The van der Waals surface area contributed by atoms with Crippen LogP contribution in [0.15, 0.2) is 53.6 Å². The van der Waals surface area contributed by atoms with Crippen LogP contribution < -0.4 is 15.5 Å². The number of hydrazone groups is 1. The molecule has 0 aliphatic heterocycles. The van der Waals surface area contributed by atoms with Crippen LogP contribution in [0.4, 0.5) is 0 Å². The molecule has 0 radical (unpaired) electrons. The molecule has 0 aliphatic rings. The van der Waals surface area contributed by atoms with Crippen molar-refractivity contribution in [1.29, 1.82) is 0 Å². The predicted octanol–water partition coefficient (Wildman–Crippen LogP) is 2.13. The summed E-state index contributed by atoms with van der Waals surface area (Å²) in [5, 5.41) is 6.82.